The Hall–Kier alpha value is -2.30. The summed E-state index contributed by atoms with van der Waals surface area (Å²) in [4.78, 5) is 11.7. The van der Waals surface area contributed by atoms with Gasteiger partial charge in [-0.05, 0) is 30.7 Å². The maximum absolute atomic E-state index is 11.7. The number of aryl methyl sites for hydroxylation is 2. The third kappa shape index (κ3) is 3.10. The smallest absolute Gasteiger partial charge is 0.226 e. The molecule has 5 nitrogen and oxygen atoms in total. The van der Waals surface area contributed by atoms with E-state index in [-0.39, 0.29) is 11.7 Å². The molecule has 0 spiro atoms. The number of phenolic OH excluding ortho intramolecular Hbond substituents is 1. The van der Waals surface area contributed by atoms with Crippen LogP contribution in [0, 0.1) is 6.92 Å². The molecule has 0 bridgehead atoms. The molecule has 1 heterocycles. The number of aromatic hydroxyl groups is 1. The molecule has 2 aromatic rings. The molecule has 0 aliphatic rings. The normalized spacial score (nSPS) is 10.3. The molecule has 2 rings (SSSR count). The number of hydrogen-bond donors (Lipinski definition) is 2. The third-order valence-electron chi connectivity index (χ3n) is 2.55. The molecule has 0 fully saturated rings. The van der Waals surface area contributed by atoms with Gasteiger partial charge in [0.15, 0.2) is 0 Å². The van der Waals surface area contributed by atoms with Crippen molar-refractivity contribution >= 4 is 11.6 Å². The quantitative estimate of drug-likeness (QED) is 0.809. The van der Waals surface area contributed by atoms with E-state index < -0.39 is 0 Å². The molecule has 0 saturated heterocycles. The lowest BCUT2D eigenvalue weighted by molar-refractivity contribution is -0.116. The molecule has 5 heteroatoms. The van der Waals surface area contributed by atoms with Crippen LogP contribution < -0.4 is 5.32 Å². The largest absolute Gasteiger partial charge is 0.506 e. The van der Waals surface area contributed by atoms with Crippen LogP contribution >= 0.6 is 0 Å². The second-order valence-electron chi connectivity index (χ2n) is 4.09. The zero-order valence-corrected chi connectivity index (χ0v) is 10.1. The first-order valence-electron chi connectivity index (χ1n) is 5.72. The lowest BCUT2D eigenvalue weighted by Crippen LogP contribution is -2.14. The lowest BCUT2D eigenvalue weighted by atomic mass is 10.2. The molecule has 0 radical (unpaired) electrons. The zero-order valence-electron chi connectivity index (χ0n) is 10.1. The number of rotatable bonds is 4. The fourth-order valence-electron chi connectivity index (χ4n) is 1.61. The fourth-order valence-corrected chi connectivity index (χ4v) is 1.61. The molecule has 1 amide bonds. The van der Waals surface area contributed by atoms with Gasteiger partial charge in [0.05, 0.1) is 5.69 Å². The number of aromatic nitrogens is 2. The second kappa shape index (κ2) is 5.35. The number of carbonyl (C=O) groups is 1. The standard InChI is InChI=1S/C13H15N3O2/c1-10-3-4-11(12(17)9-10)15-13(18)5-8-16-7-2-6-14-16/h2-4,6-7,9,17H,5,8H2,1H3,(H,15,18). The van der Waals surface area contributed by atoms with E-state index >= 15 is 0 Å². The van der Waals surface area contributed by atoms with Crippen LogP contribution in [0.15, 0.2) is 36.7 Å². The van der Waals surface area contributed by atoms with Gasteiger partial charge in [0, 0.05) is 25.4 Å². The van der Waals surface area contributed by atoms with E-state index in [2.05, 4.69) is 10.4 Å². The summed E-state index contributed by atoms with van der Waals surface area (Å²) in [7, 11) is 0. The van der Waals surface area contributed by atoms with E-state index in [1.807, 2.05) is 19.1 Å². The van der Waals surface area contributed by atoms with E-state index in [1.54, 1.807) is 29.2 Å². The van der Waals surface area contributed by atoms with Crippen LogP contribution in [0.25, 0.3) is 0 Å². The number of amides is 1. The highest BCUT2D eigenvalue weighted by Gasteiger charge is 2.06. The van der Waals surface area contributed by atoms with Crippen LogP contribution in [0.1, 0.15) is 12.0 Å². The van der Waals surface area contributed by atoms with E-state index in [0.29, 0.717) is 18.7 Å². The van der Waals surface area contributed by atoms with Crippen LogP contribution in [0.5, 0.6) is 5.75 Å². The van der Waals surface area contributed by atoms with Gasteiger partial charge < -0.3 is 10.4 Å². The van der Waals surface area contributed by atoms with Crippen LogP contribution in [0.4, 0.5) is 5.69 Å². The highest BCUT2D eigenvalue weighted by molar-refractivity contribution is 5.92. The number of nitrogens with one attached hydrogen (secondary N) is 1. The van der Waals surface area contributed by atoms with Crippen LogP contribution in [-0.2, 0) is 11.3 Å². The molecule has 18 heavy (non-hydrogen) atoms. The van der Waals surface area contributed by atoms with E-state index in [0.717, 1.165) is 5.56 Å². The van der Waals surface area contributed by atoms with Gasteiger partial charge in [-0.2, -0.15) is 5.10 Å². The van der Waals surface area contributed by atoms with Crippen LogP contribution in [-0.4, -0.2) is 20.8 Å². The Morgan fingerprint density at radius 1 is 1.50 bits per heavy atom. The minimum Gasteiger partial charge on any atom is -0.506 e. The van der Waals surface area contributed by atoms with Gasteiger partial charge in [-0.3, -0.25) is 9.48 Å². The Bertz CT molecular complexity index is 535. The average molecular weight is 245 g/mol. The summed E-state index contributed by atoms with van der Waals surface area (Å²) < 4.78 is 1.69. The van der Waals surface area contributed by atoms with Crippen LogP contribution in [0.2, 0.25) is 0 Å². The van der Waals surface area contributed by atoms with Crippen molar-refractivity contribution in [2.75, 3.05) is 5.32 Å². The topological polar surface area (TPSA) is 67.2 Å². The van der Waals surface area contributed by atoms with Crippen molar-refractivity contribution < 1.29 is 9.90 Å². The van der Waals surface area contributed by atoms with Crippen molar-refractivity contribution in [3.8, 4) is 5.75 Å². The first-order chi connectivity index (χ1) is 8.65. The zero-order chi connectivity index (χ0) is 13.0. The number of phenols is 1. The predicted octanol–water partition coefficient (Wildman–Crippen LogP) is 1.93. The monoisotopic (exact) mass is 245 g/mol. The van der Waals surface area contributed by atoms with Crippen LogP contribution in [0.3, 0.4) is 0 Å². The molecule has 2 N–H and O–H groups in total. The van der Waals surface area contributed by atoms with Crippen molar-refractivity contribution in [2.45, 2.75) is 19.9 Å². The molecular weight excluding hydrogens is 230 g/mol. The van der Waals surface area contributed by atoms with E-state index in [4.69, 9.17) is 0 Å². The SMILES string of the molecule is Cc1ccc(NC(=O)CCn2cccn2)c(O)c1. The molecule has 0 saturated carbocycles. The fraction of sp³-hybridized carbons (Fsp3) is 0.231. The summed E-state index contributed by atoms with van der Waals surface area (Å²) in [5, 5.41) is 16.3. The Morgan fingerprint density at radius 3 is 3.00 bits per heavy atom. The summed E-state index contributed by atoms with van der Waals surface area (Å²) in [5.74, 6) is -0.0629. The summed E-state index contributed by atoms with van der Waals surface area (Å²) in [6.45, 7) is 2.40. The number of benzene rings is 1. The van der Waals surface area contributed by atoms with Gasteiger partial charge in [-0.25, -0.2) is 0 Å². The molecule has 1 aromatic carbocycles. The highest BCUT2D eigenvalue weighted by Crippen LogP contribution is 2.23. The summed E-state index contributed by atoms with van der Waals surface area (Å²) in [6.07, 6.45) is 3.79. The first kappa shape index (κ1) is 12.2. The molecule has 0 aliphatic carbocycles. The lowest BCUT2D eigenvalue weighted by Gasteiger charge is -2.08. The molecule has 0 unspecified atom stereocenters. The van der Waals surface area contributed by atoms with Gasteiger partial charge in [0.2, 0.25) is 5.91 Å². The molecule has 0 aliphatic heterocycles. The van der Waals surface area contributed by atoms with Gasteiger partial charge in [-0.1, -0.05) is 6.07 Å². The molecule has 94 valence electrons. The Balaban J connectivity index is 1.91. The van der Waals surface area contributed by atoms with Crippen molar-refractivity contribution in [2.24, 2.45) is 0 Å². The van der Waals surface area contributed by atoms with Crippen molar-refractivity contribution in [3.63, 3.8) is 0 Å². The molecule has 0 atom stereocenters. The Labute approximate surface area is 105 Å². The predicted molar refractivity (Wildman–Crippen MR) is 68.3 cm³/mol. The third-order valence-corrected chi connectivity index (χ3v) is 2.55. The van der Waals surface area contributed by atoms with Gasteiger partial charge >= 0.3 is 0 Å². The summed E-state index contributed by atoms with van der Waals surface area (Å²) in [5.41, 5.74) is 1.38. The number of anilines is 1. The van der Waals surface area contributed by atoms with E-state index in [9.17, 15) is 9.90 Å². The minimum atomic E-state index is -0.148. The minimum absolute atomic E-state index is 0.0856. The maximum Gasteiger partial charge on any atom is 0.226 e. The van der Waals surface area contributed by atoms with Gasteiger partial charge in [0.1, 0.15) is 5.75 Å². The summed E-state index contributed by atoms with van der Waals surface area (Å²) >= 11 is 0. The van der Waals surface area contributed by atoms with Gasteiger partial charge in [0.25, 0.3) is 0 Å². The highest BCUT2D eigenvalue weighted by atomic mass is 16.3. The Morgan fingerprint density at radius 2 is 2.33 bits per heavy atom. The number of hydrogen-bond acceptors (Lipinski definition) is 3. The van der Waals surface area contributed by atoms with Crippen molar-refractivity contribution in [3.05, 3.63) is 42.2 Å². The maximum atomic E-state index is 11.7. The second-order valence-corrected chi connectivity index (χ2v) is 4.09. The number of nitrogens with zero attached hydrogens (tertiary/aromatic N) is 2. The number of carbonyl (C=O) groups excluding carboxylic acids is 1. The van der Waals surface area contributed by atoms with Crippen molar-refractivity contribution in [1.82, 2.24) is 9.78 Å². The average Bonchev–Trinajstić information content (AvgIpc) is 2.83. The van der Waals surface area contributed by atoms with E-state index in [1.165, 1.54) is 0 Å². The molecular formula is C13H15N3O2. The van der Waals surface area contributed by atoms with Crippen molar-refractivity contribution in [1.29, 1.82) is 0 Å². The molecule has 1 aromatic heterocycles. The van der Waals surface area contributed by atoms with Gasteiger partial charge in [-0.15, -0.1) is 0 Å². The summed E-state index contributed by atoms with van der Waals surface area (Å²) in [6, 6.07) is 6.95. The first-order valence-corrected chi connectivity index (χ1v) is 5.72. The Kier molecular flexibility index (Phi) is 3.62.